The highest BCUT2D eigenvalue weighted by molar-refractivity contribution is 6.27. The molecule has 0 spiro atoms. The second-order valence-corrected chi connectivity index (χ2v) is 4.40. The van der Waals surface area contributed by atoms with Gasteiger partial charge in [0.05, 0.1) is 0 Å². The van der Waals surface area contributed by atoms with E-state index in [0.29, 0.717) is 13.1 Å². The van der Waals surface area contributed by atoms with Gasteiger partial charge in [0.15, 0.2) is 0 Å². The minimum atomic E-state index is -1.82. The van der Waals surface area contributed by atoms with Crippen LogP contribution in [-0.4, -0.2) is 32.4 Å². The molecule has 6 nitrogen and oxygen atoms in total. The fourth-order valence-electron chi connectivity index (χ4n) is 1.64. The Morgan fingerprint density at radius 3 is 1.32 bits per heavy atom. The van der Waals surface area contributed by atoms with Crippen LogP contribution in [0.4, 0.5) is 0 Å². The molecule has 0 unspecified atom stereocenters. The first-order chi connectivity index (χ1) is 10.5. The Morgan fingerprint density at radius 2 is 1.05 bits per heavy atom. The van der Waals surface area contributed by atoms with Crippen LogP contribution >= 0.6 is 0 Å². The van der Waals surface area contributed by atoms with Gasteiger partial charge in [-0.25, -0.2) is 9.59 Å². The van der Waals surface area contributed by atoms with Crippen molar-refractivity contribution in [3.05, 3.63) is 71.8 Å². The van der Waals surface area contributed by atoms with Crippen LogP contribution in [0, 0.1) is 0 Å². The summed E-state index contributed by atoms with van der Waals surface area (Å²) in [6, 6.07) is 19.9. The third kappa shape index (κ3) is 7.18. The lowest BCUT2D eigenvalue weighted by atomic mass is 10.2. The molecule has 0 aliphatic heterocycles. The SMILES string of the molecule is O=C(O)C(=O)O.ON(Cc1ccccc1)Cc1ccccc1. The molecule has 0 amide bonds. The number of hydrogen-bond donors (Lipinski definition) is 3. The molecule has 0 fully saturated rings. The average molecular weight is 303 g/mol. The van der Waals surface area contributed by atoms with Gasteiger partial charge in [-0.15, -0.1) is 0 Å². The topological polar surface area (TPSA) is 98.1 Å². The normalized spacial score (nSPS) is 9.73. The van der Waals surface area contributed by atoms with Crippen molar-refractivity contribution in [2.75, 3.05) is 0 Å². The maximum atomic E-state index is 9.79. The second-order valence-electron chi connectivity index (χ2n) is 4.40. The number of carboxylic acid groups (broad SMARTS) is 2. The summed E-state index contributed by atoms with van der Waals surface area (Å²) >= 11 is 0. The first-order valence-electron chi connectivity index (χ1n) is 6.47. The molecular weight excluding hydrogens is 286 g/mol. The second kappa shape index (κ2) is 9.28. The first kappa shape index (κ1) is 17.4. The lowest BCUT2D eigenvalue weighted by Gasteiger charge is -2.14. The highest BCUT2D eigenvalue weighted by atomic mass is 16.5. The summed E-state index contributed by atoms with van der Waals surface area (Å²) in [6.07, 6.45) is 0. The molecule has 0 saturated heterocycles. The van der Waals surface area contributed by atoms with Gasteiger partial charge >= 0.3 is 11.9 Å². The van der Waals surface area contributed by atoms with Gasteiger partial charge in [-0.05, 0) is 11.1 Å². The largest absolute Gasteiger partial charge is 0.473 e. The molecule has 116 valence electrons. The fraction of sp³-hybridized carbons (Fsp3) is 0.125. The van der Waals surface area contributed by atoms with E-state index in [0.717, 1.165) is 11.1 Å². The zero-order valence-corrected chi connectivity index (χ0v) is 11.8. The Balaban J connectivity index is 0.000000346. The van der Waals surface area contributed by atoms with Gasteiger partial charge in [-0.3, -0.25) is 0 Å². The van der Waals surface area contributed by atoms with Gasteiger partial charge in [-0.2, -0.15) is 5.06 Å². The molecule has 0 aliphatic carbocycles. The van der Waals surface area contributed by atoms with Gasteiger partial charge in [0.2, 0.25) is 0 Å². The molecule has 0 atom stereocenters. The molecule has 0 heterocycles. The molecule has 2 rings (SSSR count). The summed E-state index contributed by atoms with van der Waals surface area (Å²) in [7, 11) is 0. The minimum absolute atomic E-state index is 0.551. The molecule has 0 bridgehead atoms. The molecule has 2 aromatic rings. The van der Waals surface area contributed by atoms with Crippen molar-refractivity contribution in [2.45, 2.75) is 13.1 Å². The monoisotopic (exact) mass is 303 g/mol. The summed E-state index contributed by atoms with van der Waals surface area (Å²) in [5, 5.41) is 25.9. The molecule has 0 saturated carbocycles. The average Bonchev–Trinajstić information content (AvgIpc) is 2.49. The highest BCUT2D eigenvalue weighted by Crippen LogP contribution is 2.07. The van der Waals surface area contributed by atoms with Crippen LogP contribution in [0.2, 0.25) is 0 Å². The number of aliphatic carboxylic acids is 2. The first-order valence-corrected chi connectivity index (χ1v) is 6.47. The van der Waals surface area contributed by atoms with Crippen molar-refractivity contribution in [3.8, 4) is 0 Å². The number of benzene rings is 2. The third-order valence-electron chi connectivity index (χ3n) is 2.60. The summed E-state index contributed by atoms with van der Waals surface area (Å²) in [5.74, 6) is -3.65. The van der Waals surface area contributed by atoms with Crippen LogP contribution in [-0.2, 0) is 22.7 Å². The van der Waals surface area contributed by atoms with E-state index in [-0.39, 0.29) is 0 Å². The van der Waals surface area contributed by atoms with Crippen molar-refractivity contribution in [1.29, 1.82) is 0 Å². The van der Waals surface area contributed by atoms with Crippen molar-refractivity contribution in [1.82, 2.24) is 5.06 Å². The minimum Gasteiger partial charge on any atom is -0.473 e. The number of carboxylic acids is 2. The fourth-order valence-corrected chi connectivity index (χ4v) is 1.64. The highest BCUT2D eigenvalue weighted by Gasteiger charge is 2.04. The predicted molar refractivity (Wildman–Crippen MR) is 79.2 cm³/mol. The van der Waals surface area contributed by atoms with Gasteiger partial charge in [-0.1, -0.05) is 60.7 Å². The van der Waals surface area contributed by atoms with Crippen molar-refractivity contribution < 1.29 is 25.0 Å². The Hall–Kier alpha value is -2.70. The van der Waals surface area contributed by atoms with E-state index in [1.165, 1.54) is 5.06 Å². The number of hydroxylamine groups is 2. The Morgan fingerprint density at radius 1 is 0.727 bits per heavy atom. The van der Waals surface area contributed by atoms with Crippen LogP contribution < -0.4 is 0 Å². The zero-order chi connectivity index (χ0) is 16.4. The lowest BCUT2D eigenvalue weighted by molar-refractivity contribution is -0.159. The van der Waals surface area contributed by atoms with Crippen LogP contribution in [0.1, 0.15) is 11.1 Å². The van der Waals surface area contributed by atoms with Gasteiger partial charge < -0.3 is 15.4 Å². The Bertz CT molecular complexity index is 532. The molecule has 0 radical (unpaired) electrons. The van der Waals surface area contributed by atoms with E-state index in [9.17, 15) is 5.21 Å². The molecular formula is C16H17NO5. The smallest absolute Gasteiger partial charge is 0.414 e. The zero-order valence-electron chi connectivity index (χ0n) is 11.8. The number of rotatable bonds is 4. The van der Waals surface area contributed by atoms with Gasteiger partial charge in [0, 0.05) is 13.1 Å². The summed E-state index contributed by atoms with van der Waals surface area (Å²) in [4.78, 5) is 18.2. The molecule has 22 heavy (non-hydrogen) atoms. The Kier molecular flexibility index (Phi) is 7.32. The van der Waals surface area contributed by atoms with Gasteiger partial charge in [0.1, 0.15) is 0 Å². The molecule has 0 aliphatic rings. The summed E-state index contributed by atoms with van der Waals surface area (Å²) in [6.45, 7) is 1.10. The van der Waals surface area contributed by atoms with E-state index in [2.05, 4.69) is 0 Å². The van der Waals surface area contributed by atoms with Crippen LogP contribution in [0.15, 0.2) is 60.7 Å². The maximum absolute atomic E-state index is 9.79. The standard InChI is InChI=1S/C14H15NO.C2H2O4/c16-15(11-13-7-3-1-4-8-13)12-14-9-5-2-6-10-14;3-1(4)2(5)6/h1-10,16H,11-12H2;(H,3,4)(H,5,6). The molecule has 3 N–H and O–H groups in total. The molecule has 2 aromatic carbocycles. The number of hydrogen-bond acceptors (Lipinski definition) is 4. The predicted octanol–water partition coefficient (Wildman–Crippen LogP) is 2.23. The van der Waals surface area contributed by atoms with Crippen LogP contribution in [0.25, 0.3) is 0 Å². The third-order valence-corrected chi connectivity index (χ3v) is 2.60. The molecule has 0 aromatic heterocycles. The van der Waals surface area contributed by atoms with E-state index in [1.54, 1.807) is 0 Å². The van der Waals surface area contributed by atoms with E-state index < -0.39 is 11.9 Å². The van der Waals surface area contributed by atoms with Crippen molar-refractivity contribution in [2.24, 2.45) is 0 Å². The van der Waals surface area contributed by atoms with Crippen LogP contribution in [0.3, 0.4) is 0 Å². The lowest BCUT2D eigenvalue weighted by Crippen LogP contribution is -2.17. The van der Waals surface area contributed by atoms with Crippen LogP contribution in [0.5, 0.6) is 0 Å². The van der Waals surface area contributed by atoms with Crippen molar-refractivity contribution in [3.63, 3.8) is 0 Å². The van der Waals surface area contributed by atoms with Crippen molar-refractivity contribution >= 4 is 11.9 Å². The quantitative estimate of drug-likeness (QED) is 0.592. The van der Waals surface area contributed by atoms with E-state index in [1.807, 2.05) is 60.7 Å². The van der Waals surface area contributed by atoms with E-state index >= 15 is 0 Å². The summed E-state index contributed by atoms with van der Waals surface area (Å²) < 4.78 is 0. The maximum Gasteiger partial charge on any atom is 0.414 e. The number of nitrogens with zero attached hydrogens (tertiary/aromatic N) is 1. The Labute approximate surface area is 127 Å². The van der Waals surface area contributed by atoms with E-state index in [4.69, 9.17) is 19.8 Å². The number of carbonyl (C=O) groups is 2. The van der Waals surface area contributed by atoms with Gasteiger partial charge in [0.25, 0.3) is 0 Å². The molecule has 6 heteroatoms. The summed E-state index contributed by atoms with van der Waals surface area (Å²) in [5.41, 5.74) is 2.22.